The average molecular weight is 334 g/mol. The highest BCUT2D eigenvalue weighted by Crippen LogP contribution is 2.23. The van der Waals surface area contributed by atoms with E-state index in [1.807, 2.05) is 6.07 Å². The van der Waals surface area contributed by atoms with Crippen LogP contribution in [0.25, 0.3) is 0 Å². The number of carbonyl (C=O) groups excluding carboxylic acids is 1. The molecule has 2 rings (SSSR count). The van der Waals surface area contributed by atoms with Crippen molar-refractivity contribution in [2.75, 3.05) is 0 Å². The molecule has 0 fully saturated rings. The molecule has 1 N–H and O–H groups in total. The Morgan fingerprint density at radius 1 is 1.30 bits per heavy atom. The smallest absolute Gasteiger partial charge is 0.270 e. The lowest BCUT2D eigenvalue weighted by atomic mass is 10.1. The zero-order valence-corrected chi connectivity index (χ0v) is 12.2. The predicted molar refractivity (Wildman–Crippen MR) is 80.3 cm³/mol. The van der Waals surface area contributed by atoms with E-state index in [9.17, 15) is 19.3 Å². The molecule has 0 heterocycles. The summed E-state index contributed by atoms with van der Waals surface area (Å²) in [6, 6.07) is 9.36. The molecule has 0 spiro atoms. The van der Waals surface area contributed by atoms with Crippen molar-refractivity contribution in [3.63, 3.8) is 0 Å². The number of non-ortho nitro benzene ring substituents is 1. The van der Waals surface area contributed by atoms with Crippen molar-refractivity contribution in [3.8, 4) is 6.07 Å². The van der Waals surface area contributed by atoms with Gasteiger partial charge in [0, 0.05) is 12.1 Å². The van der Waals surface area contributed by atoms with Gasteiger partial charge in [-0.15, -0.1) is 0 Å². The lowest BCUT2D eigenvalue weighted by Crippen LogP contribution is -2.27. The molecule has 0 saturated heterocycles. The predicted octanol–water partition coefficient (Wildman–Crippen LogP) is 3.38. The largest absolute Gasteiger partial charge is 0.332 e. The molecule has 1 amide bonds. The van der Waals surface area contributed by atoms with E-state index in [0.29, 0.717) is 5.56 Å². The zero-order valence-electron chi connectivity index (χ0n) is 11.5. The molecule has 0 bridgehead atoms. The Morgan fingerprint density at radius 2 is 1.96 bits per heavy atom. The molecule has 0 radical (unpaired) electrons. The van der Waals surface area contributed by atoms with Crippen molar-refractivity contribution in [3.05, 3.63) is 74.5 Å². The van der Waals surface area contributed by atoms with Gasteiger partial charge in [0.15, 0.2) is 0 Å². The standard InChI is InChI=1S/C15H9ClFN3O3/c16-13-7-11(20(22)23)5-6-12(13)15(21)19-14(8-18)9-1-3-10(17)4-2-9/h1-7,14H,(H,19,21)/t14-/m1/s1. The van der Waals surface area contributed by atoms with Gasteiger partial charge in [0.2, 0.25) is 0 Å². The average Bonchev–Trinajstić information content (AvgIpc) is 2.53. The number of nitro benzene ring substituents is 1. The lowest BCUT2D eigenvalue weighted by molar-refractivity contribution is -0.384. The minimum Gasteiger partial charge on any atom is -0.332 e. The number of amides is 1. The Labute approximate surface area is 135 Å². The monoisotopic (exact) mass is 333 g/mol. The van der Waals surface area contributed by atoms with Crippen LogP contribution in [0.4, 0.5) is 10.1 Å². The third-order valence-corrected chi connectivity index (χ3v) is 3.33. The second kappa shape index (κ2) is 6.85. The summed E-state index contributed by atoms with van der Waals surface area (Å²) in [6.07, 6.45) is 0. The first-order chi connectivity index (χ1) is 10.9. The SMILES string of the molecule is N#C[C@@H](NC(=O)c1ccc([N+](=O)[O-])cc1Cl)c1ccc(F)cc1. The minimum absolute atomic E-state index is 0.000344. The number of nitrogens with zero attached hydrogens (tertiary/aromatic N) is 2. The van der Waals surface area contributed by atoms with Crippen molar-refractivity contribution >= 4 is 23.2 Å². The molecule has 2 aromatic carbocycles. The molecule has 0 aliphatic heterocycles. The Hall–Kier alpha value is -2.98. The number of nitro groups is 1. The van der Waals surface area contributed by atoms with Crippen LogP contribution in [-0.2, 0) is 0 Å². The third-order valence-electron chi connectivity index (χ3n) is 3.02. The van der Waals surface area contributed by atoms with Gasteiger partial charge in [0.1, 0.15) is 11.9 Å². The molecule has 116 valence electrons. The van der Waals surface area contributed by atoms with E-state index >= 15 is 0 Å². The Balaban J connectivity index is 2.22. The number of benzene rings is 2. The van der Waals surface area contributed by atoms with Crippen LogP contribution in [-0.4, -0.2) is 10.8 Å². The molecule has 6 nitrogen and oxygen atoms in total. The van der Waals surface area contributed by atoms with Gasteiger partial charge >= 0.3 is 0 Å². The van der Waals surface area contributed by atoms with Gasteiger partial charge in [-0.2, -0.15) is 5.26 Å². The number of halogens is 2. The van der Waals surface area contributed by atoms with Crippen LogP contribution < -0.4 is 5.32 Å². The van der Waals surface area contributed by atoms with E-state index in [1.54, 1.807) is 0 Å². The van der Waals surface area contributed by atoms with Crippen LogP contribution in [0.15, 0.2) is 42.5 Å². The van der Waals surface area contributed by atoms with Crippen molar-refractivity contribution in [2.24, 2.45) is 0 Å². The van der Waals surface area contributed by atoms with Gasteiger partial charge in [0.05, 0.1) is 21.6 Å². The Bertz CT molecular complexity index is 803. The topological polar surface area (TPSA) is 96.0 Å². The van der Waals surface area contributed by atoms with Crippen molar-refractivity contribution in [2.45, 2.75) is 6.04 Å². The van der Waals surface area contributed by atoms with Gasteiger partial charge in [-0.3, -0.25) is 14.9 Å². The third kappa shape index (κ3) is 3.81. The molecular formula is C15H9ClFN3O3. The first-order valence-electron chi connectivity index (χ1n) is 6.32. The lowest BCUT2D eigenvalue weighted by Gasteiger charge is -2.12. The summed E-state index contributed by atoms with van der Waals surface area (Å²) in [5, 5.41) is 22.1. The summed E-state index contributed by atoms with van der Waals surface area (Å²) in [5.74, 6) is -1.13. The van der Waals surface area contributed by atoms with Gasteiger partial charge in [0.25, 0.3) is 11.6 Å². The summed E-state index contributed by atoms with van der Waals surface area (Å²) in [4.78, 5) is 22.2. The summed E-state index contributed by atoms with van der Waals surface area (Å²) in [7, 11) is 0. The molecule has 0 aromatic heterocycles. The van der Waals surface area contributed by atoms with E-state index in [4.69, 9.17) is 16.9 Å². The first-order valence-corrected chi connectivity index (χ1v) is 6.70. The molecule has 2 aromatic rings. The molecule has 0 aliphatic carbocycles. The van der Waals surface area contributed by atoms with Gasteiger partial charge in [-0.25, -0.2) is 4.39 Å². The highest BCUT2D eigenvalue weighted by atomic mass is 35.5. The molecule has 0 unspecified atom stereocenters. The van der Waals surface area contributed by atoms with Crippen molar-refractivity contribution in [1.82, 2.24) is 5.32 Å². The highest BCUT2D eigenvalue weighted by molar-refractivity contribution is 6.34. The quantitative estimate of drug-likeness (QED) is 0.685. The maximum absolute atomic E-state index is 12.9. The van der Waals surface area contributed by atoms with E-state index in [0.717, 1.165) is 12.1 Å². The number of nitrogens with one attached hydrogen (secondary N) is 1. The molecular weight excluding hydrogens is 325 g/mol. The van der Waals surface area contributed by atoms with E-state index in [1.165, 1.54) is 30.3 Å². The van der Waals surface area contributed by atoms with Gasteiger partial charge < -0.3 is 5.32 Å². The number of hydrogen-bond acceptors (Lipinski definition) is 4. The summed E-state index contributed by atoms with van der Waals surface area (Å²) >= 11 is 5.86. The summed E-state index contributed by atoms with van der Waals surface area (Å²) in [5.41, 5.74) is 0.154. The fraction of sp³-hybridized carbons (Fsp3) is 0.0667. The van der Waals surface area contributed by atoms with Crippen LogP contribution in [0.3, 0.4) is 0 Å². The van der Waals surface area contributed by atoms with Crippen molar-refractivity contribution < 1.29 is 14.1 Å². The van der Waals surface area contributed by atoms with E-state index in [-0.39, 0.29) is 16.3 Å². The Morgan fingerprint density at radius 3 is 2.48 bits per heavy atom. The molecule has 23 heavy (non-hydrogen) atoms. The normalized spacial score (nSPS) is 11.3. The number of nitriles is 1. The number of hydrogen-bond donors (Lipinski definition) is 1. The van der Waals surface area contributed by atoms with E-state index < -0.39 is 22.7 Å². The zero-order chi connectivity index (χ0) is 17.0. The van der Waals surface area contributed by atoms with E-state index in [2.05, 4.69) is 5.32 Å². The second-order valence-electron chi connectivity index (χ2n) is 4.51. The van der Waals surface area contributed by atoms with Crippen molar-refractivity contribution in [1.29, 1.82) is 5.26 Å². The molecule has 0 aliphatic rings. The minimum atomic E-state index is -1.01. The molecule has 1 atom stereocenters. The van der Waals surface area contributed by atoms with Crippen LogP contribution in [0, 0.1) is 27.3 Å². The maximum atomic E-state index is 12.9. The van der Waals surface area contributed by atoms with Crippen LogP contribution >= 0.6 is 11.6 Å². The van der Waals surface area contributed by atoms with Gasteiger partial charge in [-0.1, -0.05) is 23.7 Å². The molecule has 8 heteroatoms. The highest BCUT2D eigenvalue weighted by Gasteiger charge is 2.19. The van der Waals surface area contributed by atoms with Crippen LogP contribution in [0.5, 0.6) is 0 Å². The summed E-state index contributed by atoms with van der Waals surface area (Å²) < 4.78 is 12.9. The number of carbonyl (C=O) groups is 1. The second-order valence-corrected chi connectivity index (χ2v) is 4.92. The van der Waals surface area contributed by atoms with Crippen LogP contribution in [0.2, 0.25) is 5.02 Å². The number of rotatable bonds is 4. The maximum Gasteiger partial charge on any atom is 0.270 e. The fourth-order valence-electron chi connectivity index (χ4n) is 1.86. The van der Waals surface area contributed by atoms with Crippen LogP contribution in [0.1, 0.15) is 22.0 Å². The first kappa shape index (κ1) is 16.4. The molecule has 0 saturated carbocycles. The Kier molecular flexibility index (Phi) is 4.88. The fourth-order valence-corrected chi connectivity index (χ4v) is 2.12. The summed E-state index contributed by atoms with van der Waals surface area (Å²) in [6.45, 7) is 0. The van der Waals surface area contributed by atoms with Gasteiger partial charge in [-0.05, 0) is 23.8 Å².